The van der Waals surface area contributed by atoms with Gasteiger partial charge in [-0.05, 0) is 72.4 Å². The number of nitrogens with zero attached hydrogens (tertiary/aromatic N) is 1. The molecule has 1 aliphatic rings. The Morgan fingerprint density at radius 2 is 1.75 bits per heavy atom. The van der Waals surface area contributed by atoms with Crippen molar-refractivity contribution in [3.63, 3.8) is 0 Å². The first-order chi connectivity index (χ1) is 15.5. The van der Waals surface area contributed by atoms with Crippen molar-refractivity contribution in [1.29, 1.82) is 0 Å². The van der Waals surface area contributed by atoms with E-state index in [1.54, 1.807) is 12.1 Å². The van der Waals surface area contributed by atoms with Crippen LogP contribution in [0.15, 0.2) is 60.9 Å². The van der Waals surface area contributed by atoms with Crippen molar-refractivity contribution in [3.8, 4) is 11.3 Å². The fourth-order valence-corrected chi connectivity index (χ4v) is 4.55. The van der Waals surface area contributed by atoms with Crippen molar-refractivity contribution in [2.75, 3.05) is 6.54 Å². The second-order valence-corrected chi connectivity index (χ2v) is 8.31. The molecule has 4 aromatic rings. The predicted molar refractivity (Wildman–Crippen MR) is 117 cm³/mol. The second-order valence-electron chi connectivity index (χ2n) is 8.31. The highest BCUT2D eigenvalue weighted by atomic mass is 19.1. The van der Waals surface area contributed by atoms with Gasteiger partial charge >= 0.3 is 0 Å². The Kier molecular flexibility index (Phi) is 5.25. The summed E-state index contributed by atoms with van der Waals surface area (Å²) in [7, 11) is 0. The second kappa shape index (κ2) is 8.22. The number of hydrogen-bond acceptors (Lipinski definition) is 1. The zero-order valence-corrected chi connectivity index (χ0v) is 17.2. The summed E-state index contributed by atoms with van der Waals surface area (Å²) in [5, 5.41) is 3.44. The van der Waals surface area contributed by atoms with Crippen LogP contribution < -0.4 is 5.32 Å². The average Bonchev–Trinajstić information content (AvgIpc) is 3.36. The summed E-state index contributed by atoms with van der Waals surface area (Å²) in [4.78, 5) is 15.6. The normalized spacial score (nSPS) is 18.0. The van der Waals surface area contributed by atoms with Gasteiger partial charge in [-0.2, -0.15) is 0 Å². The fraction of sp³-hybridized carbons (Fsp3) is 0.240. The van der Waals surface area contributed by atoms with Gasteiger partial charge in [0.15, 0.2) is 0 Å². The zero-order chi connectivity index (χ0) is 22.2. The summed E-state index contributed by atoms with van der Waals surface area (Å²) in [6, 6.07) is 11.9. The number of hydrogen-bond donors (Lipinski definition) is 2. The molecule has 5 rings (SSSR count). The predicted octanol–water partition coefficient (Wildman–Crippen LogP) is 5.36. The van der Waals surface area contributed by atoms with Crippen LogP contribution in [-0.4, -0.2) is 22.0 Å². The molecule has 1 amide bonds. The van der Waals surface area contributed by atoms with Gasteiger partial charge in [0.05, 0.1) is 11.2 Å². The van der Waals surface area contributed by atoms with Crippen LogP contribution in [0.25, 0.3) is 22.2 Å². The highest BCUT2D eigenvalue weighted by Gasteiger charge is 2.38. The van der Waals surface area contributed by atoms with E-state index in [0.717, 1.165) is 11.6 Å². The summed E-state index contributed by atoms with van der Waals surface area (Å²) in [5.41, 5.74) is 2.33. The topological polar surface area (TPSA) is 49.8 Å². The molecule has 2 aromatic carbocycles. The van der Waals surface area contributed by atoms with Crippen LogP contribution >= 0.6 is 0 Å². The number of nitrogens with one attached hydrogen (secondary N) is 2. The molecule has 0 spiro atoms. The van der Waals surface area contributed by atoms with E-state index in [2.05, 4.69) is 10.3 Å². The monoisotopic (exact) mass is 437 g/mol. The molecule has 7 heteroatoms. The molecule has 1 saturated carbocycles. The molecule has 2 aromatic heterocycles. The number of fused-ring (bicyclic) bond motifs is 1. The number of aromatic nitrogens is 2. The molecule has 0 radical (unpaired) electrons. The maximum absolute atomic E-state index is 14.5. The lowest BCUT2D eigenvalue weighted by Crippen LogP contribution is -2.39. The summed E-state index contributed by atoms with van der Waals surface area (Å²) in [6.45, 7) is 1.24. The zero-order valence-electron chi connectivity index (χ0n) is 17.2. The lowest BCUT2D eigenvalue weighted by atomic mass is 9.70. The molecule has 164 valence electrons. The van der Waals surface area contributed by atoms with Crippen LogP contribution in [0.1, 0.15) is 24.3 Å². The van der Waals surface area contributed by atoms with Gasteiger partial charge in [0.1, 0.15) is 17.5 Å². The van der Waals surface area contributed by atoms with Crippen molar-refractivity contribution >= 4 is 16.8 Å². The van der Waals surface area contributed by atoms with Crippen molar-refractivity contribution in [2.45, 2.75) is 25.3 Å². The Balaban J connectivity index is 1.37. The Morgan fingerprint density at radius 3 is 2.47 bits per heavy atom. The molecule has 0 unspecified atom stereocenters. The Bertz CT molecular complexity index is 1260. The van der Waals surface area contributed by atoms with E-state index in [9.17, 15) is 18.0 Å². The lowest BCUT2D eigenvalue weighted by molar-refractivity contribution is -0.127. The van der Waals surface area contributed by atoms with Gasteiger partial charge in [0, 0.05) is 42.9 Å². The molecular formula is C25H22F3N3O. The van der Waals surface area contributed by atoms with Crippen molar-refractivity contribution in [1.82, 2.24) is 14.9 Å². The number of carbonyl (C=O) groups excluding carboxylic acids is 1. The van der Waals surface area contributed by atoms with Crippen LogP contribution in [0.2, 0.25) is 0 Å². The highest BCUT2D eigenvalue weighted by molar-refractivity contribution is 5.92. The smallest absolute Gasteiger partial charge is 0.223 e. The molecule has 0 saturated heterocycles. The van der Waals surface area contributed by atoms with Crippen LogP contribution in [-0.2, 0) is 11.3 Å². The van der Waals surface area contributed by atoms with E-state index in [1.165, 1.54) is 18.2 Å². The Morgan fingerprint density at radius 1 is 1.03 bits per heavy atom. The third-order valence-electron chi connectivity index (χ3n) is 6.25. The molecule has 0 bridgehead atoms. The van der Waals surface area contributed by atoms with E-state index in [0.29, 0.717) is 42.6 Å². The first-order valence-electron chi connectivity index (χ1n) is 10.6. The van der Waals surface area contributed by atoms with Gasteiger partial charge in [-0.3, -0.25) is 4.79 Å². The number of halogens is 3. The molecule has 1 aliphatic carbocycles. The van der Waals surface area contributed by atoms with Crippen LogP contribution in [0.5, 0.6) is 0 Å². The Labute approximate surface area is 183 Å². The minimum absolute atomic E-state index is 0.00561. The van der Waals surface area contributed by atoms with Crippen molar-refractivity contribution < 1.29 is 18.0 Å². The molecule has 0 aliphatic heterocycles. The van der Waals surface area contributed by atoms with Crippen LogP contribution in [0.4, 0.5) is 13.2 Å². The van der Waals surface area contributed by atoms with Gasteiger partial charge in [0.2, 0.25) is 5.91 Å². The minimum atomic E-state index is -0.673. The summed E-state index contributed by atoms with van der Waals surface area (Å²) >= 11 is 0. The van der Waals surface area contributed by atoms with Gasteiger partial charge in [-0.25, -0.2) is 13.2 Å². The van der Waals surface area contributed by atoms with Gasteiger partial charge in [-0.15, -0.1) is 0 Å². The maximum atomic E-state index is 14.5. The molecule has 2 heterocycles. The van der Waals surface area contributed by atoms with E-state index < -0.39 is 11.6 Å². The van der Waals surface area contributed by atoms with E-state index in [4.69, 9.17) is 0 Å². The molecule has 32 heavy (non-hydrogen) atoms. The summed E-state index contributed by atoms with van der Waals surface area (Å²) < 4.78 is 43.9. The van der Waals surface area contributed by atoms with E-state index in [1.807, 2.05) is 29.1 Å². The van der Waals surface area contributed by atoms with E-state index >= 15 is 0 Å². The molecular weight excluding hydrogens is 415 g/mol. The standard InChI is InChI=1S/C25H22F3N3O/c26-18-5-3-15(4-6-18)23-22(20-13-19(27)14-21(28)24(20)30-23)16-11-17(12-16)25(32)29-7-10-31-8-1-2-9-31/h1-6,8-9,13-14,16-17,30H,7,10-12H2,(H,29,32)/t16-,17+. The van der Waals surface area contributed by atoms with Crippen molar-refractivity contribution in [3.05, 3.63) is 83.9 Å². The first-order valence-corrected chi connectivity index (χ1v) is 10.6. The number of benzene rings is 2. The van der Waals surface area contributed by atoms with Crippen molar-refractivity contribution in [2.24, 2.45) is 5.92 Å². The number of aromatic amines is 1. The molecule has 4 nitrogen and oxygen atoms in total. The first kappa shape index (κ1) is 20.4. The number of rotatable bonds is 6. The maximum Gasteiger partial charge on any atom is 0.223 e. The number of H-pyrrole nitrogens is 1. The van der Waals surface area contributed by atoms with Crippen LogP contribution in [0.3, 0.4) is 0 Å². The number of carbonyl (C=O) groups is 1. The summed E-state index contributed by atoms with van der Waals surface area (Å²) in [5.74, 6) is -1.87. The molecule has 0 atom stereocenters. The largest absolute Gasteiger partial charge is 0.354 e. The quantitative estimate of drug-likeness (QED) is 0.419. The number of amides is 1. The lowest BCUT2D eigenvalue weighted by Gasteiger charge is -2.35. The fourth-order valence-electron chi connectivity index (χ4n) is 4.55. The third kappa shape index (κ3) is 3.79. The van der Waals surface area contributed by atoms with Gasteiger partial charge < -0.3 is 14.9 Å². The van der Waals surface area contributed by atoms with Gasteiger partial charge in [0.25, 0.3) is 0 Å². The Hall–Kier alpha value is -3.48. The molecule has 2 N–H and O–H groups in total. The minimum Gasteiger partial charge on any atom is -0.354 e. The van der Waals surface area contributed by atoms with Gasteiger partial charge in [-0.1, -0.05) is 0 Å². The third-order valence-corrected chi connectivity index (χ3v) is 6.25. The molecule has 1 fully saturated rings. The summed E-state index contributed by atoms with van der Waals surface area (Å²) in [6.07, 6.45) is 5.07. The van der Waals surface area contributed by atoms with Crippen LogP contribution in [0, 0.1) is 23.4 Å². The van der Waals surface area contributed by atoms with E-state index in [-0.39, 0.29) is 29.1 Å². The average molecular weight is 437 g/mol. The SMILES string of the molecule is O=C(NCCn1cccc1)[C@H]1C[C@@H](c2c(-c3ccc(F)cc3)[nH]c3c(F)cc(F)cc32)C1. The highest BCUT2D eigenvalue weighted by Crippen LogP contribution is 2.48.